The molecule has 2 aromatic rings. The largest absolute Gasteiger partial charge is 0.454 e. The van der Waals surface area contributed by atoms with Gasteiger partial charge in [0.2, 0.25) is 12.7 Å². The minimum absolute atomic E-state index is 0.00265. The van der Waals surface area contributed by atoms with E-state index in [1.54, 1.807) is 11.8 Å². The minimum Gasteiger partial charge on any atom is -0.454 e. The van der Waals surface area contributed by atoms with Gasteiger partial charge < -0.3 is 25.0 Å². The van der Waals surface area contributed by atoms with Crippen LogP contribution < -0.4 is 25.4 Å². The standard InChI is InChI=1S/C25H30N4O4S/c1-16-4-3-5-19(17(16)2)27-24(31)29-10-8-25(9-11-29)28-20(14-34-25)23(30)26-13-18-6-7-21-22(12-18)33-15-32-21/h3-7,12,20,28H,8-11,13-15H2,1-2H3,(H,26,30)(H,27,31). The fourth-order valence-corrected chi connectivity index (χ4v) is 6.01. The number of piperidine rings is 1. The summed E-state index contributed by atoms with van der Waals surface area (Å²) in [4.78, 5) is 27.3. The van der Waals surface area contributed by atoms with Crippen LogP contribution in [0.3, 0.4) is 0 Å². The van der Waals surface area contributed by atoms with Crippen molar-refractivity contribution in [3.05, 3.63) is 53.1 Å². The van der Waals surface area contributed by atoms with E-state index in [4.69, 9.17) is 9.47 Å². The first-order chi connectivity index (χ1) is 16.4. The Morgan fingerprint density at radius 3 is 2.76 bits per heavy atom. The summed E-state index contributed by atoms with van der Waals surface area (Å²) in [5.74, 6) is 2.17. The lowest BCUT2D eigenvalue weighted by molar-refractivity contribution is -0.122. The Morgan fingerprint density at radius 2 is 1.94 bits per heavy atom. The van der Waals surface area contributed by atoms with Gasteiger partial charge in [0.1, 0.15) is 0 Å². The zero-order chi connectivity index (χ0) is 23.7. The molecular weight excluding hydrogens is 452 g/mol. The molecule has 0 aliphatic carbocycles. The third-order valence-corrected chi connectivity index (χ3v) is 8.47. The molecule has 5 rings (SSSR count). The third kappa shape index (κ3) is 4.67. The van der Waals surface area contributed by atoms with Crippen molar-refractivity contribution >= 4 is 29.4 Å². The summed E-state index contributed by atoms with van der Waals surface area (Å²) < 4.78 is 10.7. The second kappa shape index (κ2) is 9.38. The number of hydrogen-bond acceptors (Lipinski definition) is 6. The van der Waals surface area contributed by atoms with Gasteiger partial charge in [-0.25, -0.2) is 4.79 Å². The highest BCUT2D eigenvalue weighted by molar-refractivity contribution is 8.01. The summed E-state index contributed by atoms with van der Waals surface area (Å²) in [6.07, 6.45) is 1.62. The van der Waals surface area contributed by atoms with Crippen molar-refractivity contribution < 1.29 is 19.1 Å². The Morgan fingerprint density at radius 1 is 1.15 bits per heavy atom. The first-order valence-corrected chi connectivity index (χ1v) is 12.6. The van der Waals surface area contributed by atoms with Crippen LogP contribution in [0.15, 0.2) is 36.4 Å². The number of rotatable bonds is 4. The lowest BCUT2D eigenvalue weighted by atomic mass is 10.0. The molecule has 1 atom stereocenters. The fourth-order valence-electron chi connectivity index (χ4n) is 4.59. The summed E-state index contributed by atoms with van der Waals surface area (Å²) in [6.45, 7) is 6.05. The van der Waals surface area contributed by atoms with E-state index in [0.717, 1.165) is 46.7 Å². The number of hydrogen-bond donors (Lipinski definition) is 3. The SMILES string of the molecule is Cc1cccc(NC(=O)N2CCC3(CC2)NC(C(=O)NCc2ccc4c(c2)OCO4)CS3)c1C. The quantitative estimate of drug-likeness (QED) is 0.619. The summed E-state index contributed by atoms with van der Waals surface area (Å²) in [5, 5.41) is 9.64. The average Bonchev–Trinajstić information content (AvgIpc) is 3.48. The van der Waals surface area contributed by atoms with Crippen molar-refractivity contribution in [2.75, 3.05) is 31.0 Å². The van der Waals surface area contributed by atoms with E-state index in [2.05, 4.69) is 16.0 Å². The molecule has 3 aliphatic heterocycles. The van der Waals surface area contributed by atoms with Crippen LogP contribution in [0.1, 0.15) is 29.5 Å². The van der Waals surface area contributed by atoms with Crippen molar-refractivity contribution in [2.24, 2.45) is 0 Å². The maximum absolute atomic E-state index is 12.8. The highest BCUT2D eigenvalue weighted by atomic mass is 32.2. The van der Waals surface area contributed by atoms with Gasteiger partial charge >= 0.3 is 6.03 Å². The first-order valence-electron chi connectivity index (χ1n) is 11.6. The molecule has 2 fully saturated rings. The van der Waals surface area contributed by atoms with Gasteiger partial charge in [0.15, 0.2) is 11.5 Å². The fraction of sp³-hybridized carbons (Fsp3) is 0.440. The molecule has 0 radical (unpaired) electrons. The molecule has 180 valence electrons. The molecule has 8 nitrogen and oxygen atoms in total. The monoisotopic (exact) mass is 482 g/mol. The number of ether oxygens (including phenoxy) is 2. The van der Waals surface area contributed by atoms with Crippen LogP contribution >= 0.6 is 11.8 Å². The molecule has 0 saturated carbocycles. The van der Waals surface area contributed by atoms with Crippen LogP contribution in [0, 0.1) is 13.8 Å². The molecule has 9 heteroatoms. The number of urea groups is 1. The van der Waals surface area contributed by atoms with E-state index >= 15 is 0 Å². The van der Waals surface area contributed by atoms with Gasteiger partial charge in [-0.05, 0) is 61.6 Å². The number of carbonyl (C=O) groups excluding carboxylic acids is 2. The van der Waals surface area contributed by atoms with E-state index in [1.165, 1.54) is 0 Å². The highest BCUT2D eigenvalue weighted by Crippen LogP contribution is 2.39. The van der Waals surface area contributed by atoms with Crippen LogP contribution in [-0.2, 0) is 11.3 Å². The highest BCUT2D eigenvalue weighted by Gasteiger charge is 2.44. The van der Waals surface area contributed by atoms with Crippen molar-refractivity contribution in [2.45, 2.75) is 44.1 Å². The van der Waals surface area contributed by atoms with E-state index in [1.807, 2.05) is 55.1 Å². The van der Waals surface area contributed by atoms with Crippen molar-refractivity contribution in [1.82, 2.24) is 15.5 Å². The number of benzene rings is 2. The number of likely N-dealkylation sites (tertiary alicyclic amines) is 1. The lowest BCUT2D eigenvalue weighted by Crippen LogP contribution is -2.54. The predicted octanol–water partition coefficient (Wildman–Crippen LogP) is 3.38. The molecule has 1 unspecified atom stereocenters. The van der Waals surface area contributed by atoms with Crippen molar-refractivity contribution in [1.29, 1.82) is 0 Å². The molecule has 1 spiro atoms. The van der Waals surface area contributed by atoms with Gasteiger partial charge in [-0.15, -0.1) is 11.8 Å². The summed E-state index contributed by atoms with van der Waals surface area (Å²) in [5.41, 5.74) is 4.08. The third-order valence-electron chi connectivity index (χ3n) is 6.89. The van der Waals surface area contributed by atoms with Gasteiger partial charge in [-0.2, -0.15) is 0 Å². The number of thioether (sulfide) groups is 1. The van der Waals surface area contributed by atoms with Crippen LogP contribution in [-0.4, -0.2) is 53.4 Å². The van der Waals surface area contributed by atoms with Gasteiger partial charge in [0, 0.05) is 31.1 Å². The Hall–Kier alpha value is -2.91. The normalized spacial score (nSPS) is 20.4. The van der Waals surface area contributed by atoms with Crippen LogP contribution in [0.25, 0.3) is 0 Å². The second-order valence-electron chi connectivity index (χ2n) is 9.07. The molecule has 34 heavy (non-hydrogen) atoms. The minimum atomic E-state index is -0.241. The maximum atomic E-state index is 12.8. The molecule has 2 aromatic carbocycles. The van der Waals surface area contributed by atoms with Crippen molar-refractivity contribution in [3.63, 3.8) is 0 Å². The van der Waals surface area contributed by atoms with E-state index < -0.39 is 0 Å². The smallest absolute Gasteiger partial charge is 0.321 e. The second-order valence-corrected chi connectivity index (χ2v) is 10.5. The number of carbonyl (C=O) groups is 2. The summed E-state index contributed by atoms with van der Waals surface area (Å²) in [6, 6.07) is 11.3. The van der Waals surface area contributed by atoms with Crippen LogP contribution in [0.4, 0.5) is 10.5 Å². The van der Waals surface area contributed by atoms with Crippen LogP contribution in [0.5, 0.6) is 11.5 Å². The van der Waals surface area contributed by atoms with E-state index in [-0.39, 0.29) is 29.6 Å². The molecule has 2 saturated heterocycles. The zero-order valence-corrected chi connectivity index (χ0v) is 20.3. The number of nitrogens with zero attached hydrogens (tertiary/aromatic N) is 1. The molecule has 3 amide bonds. The van der Waals surface area contributed by atoms with Crippen molar-refractivity contribution in [3.8, 4) is 11.5 Å². The Balaban J connectivity index is 1.10. The molecular formula is C25H30N4O4S. The molecule has 3 aliphatic rings. The van der Waals surface area contributed by atoms with Gasteiger partial charge in [-0.3, -0.25) is 10.1 Å². The summed E-state index contributed by atoms with van der Waals surface area (Å²) in [7, 11) is 0. The number of amides is 3. The van der Waals surface area contributed by atoms with Gasteiger partial charge in [-0.1, -0.05) is 18.2 Å². The first kappa shape index (κ1) is 22.9. The topological polar surface area (TPSA) is 91.9 Å². The number of aryl methyl sites for hydroxylation is 1. The molecule has 3 N–H and O–H groups in total. The Labute approximate surface area is 203 Å². The lowest BCUT2D eigenvalue weighted by Gasteiger charge is -2.39. The maximum Gasteiger partial charge on any atom is 0.321 e. The molecule has 0 aromatic heterocycles. The summed E-state index contributed by atoms with van der Waals surface area (Å²) >= 11 is 1.80. The molecule has 0 bridgehead atoms. The average molecular weight is 483 g/mol. The van der Waals surface area contributed by atoms with E-state index in [0.29, 0.717) is 25.4 Å². The zero-order valence-electron chi connectivity index (χ0n) is 19.5. The Bertz CT molecular complexity index is 1100. The van der Waals surface area contributed by atoms with Gasteiger partial charge in [0.05, 0.1) is 10.9 Å². The number of nitrogens with one attached hydrogen (secondary N) is 3. The van der Waals surface area contributed by atoms with Crippen LogP contribution in [0.2, 0.25) is 0 Å². The molecule has 3 heterocycles. The van der Waals surface area contributed by atoms with Gasteiger partial charge in [0.25, 0.3) is 0 Å². The number of fused-ring (bicyclic) bond motifs is 1. The predicted molar refractivity (Wildman–Crippen MR) is 132 cm³/mol. The number of anilines is 1. The Kier molecular flexibility index (Phi) is 6.31. The van der Waals surface area contributed by atoms with E-state index in [9.17, 15) is 9.59 Å².